The third-order valence-electron chi connectivity index (χ3n) is 3.62. The summed E-state index contributed by atoms with van der Waals surface area (Å²) in [6.45, 7) is 2.07. The SMILES string of the molecule is CC(=O)OCc1cc(OCc2ccccc2)c2cc(Cl)ccc2c1. The molecule has 0 aliphatic heterocycles. The molecule has 122 valence electrons. The minimum absolute atomic E-state index is 0.218. The maximum absolute atomic E-state index is 11.1. The maximum atomic E-state index is 11.1. The Morgan fingerprint density at radius 3 is 2.50 bits per heavy atom. The highest BCUT2D eigenvalue weighted by atomic mass is 35.5. The minimum Gasteiger partial charge on any atom is -0.488 e. The Hall–Kier alpha value is -2.52. The summed E-state index contributed by atoms with van der Waals surface area (Å²) in [4.78, 5) is 11.1. The molecule has 0 bridgehead atoms. The van der Waals surface area contributed by atoms with Crippen LogP contribution in [0.2, 0.25) is 5.02 Å². The molecule has 3 aromatic carbocycles. The van der Waals surface area contributed by atoms with Gasteiger partial charge in [-0.3, -0.25) is 4.79 Å². The lowest BCUT2D eigenvalue weighted by molar-refractivity contribution is -0.142. The Morgan fingerprint density at radius 2 is 1.75 bits per heavy atom. The first kappa shape index (κ1) is 16.3. The van der Waals surface area contributed by atoms with Crippen molar-refractivity contribution in [3.8, 4) is 5.75 Å². The quantitative estimate of drug-likeness (QED) is 0.603. The van der Waals surface area contributed by atoms with Gasteiger partial charge in [-0.2, -0.15) is 0 Å². The van der Waals surface area contributed by atoms with Crippen molar-refractivity contribution in [2.45, 2.75) is 20.1 Å². The lowest BCUT2D eigenvalue weighted by Gasteiger charge is -2.13. The van der Waals surface area contributed by atoms with Gasteiger partial charge in [-0.25, -0.2) is 0 Å². The fraction of sp³-hybridized carbons (Fsp3) is 0.150. The zero-order valence-electron chi connectivity index (χ0n) is 13.3. The number of halogens is 1. The molecule has 0 unspecified atom stereocenters. The molecule has 24 heavy (non-hydrogen) atoms. The summed E-state index contributed by atoms with van der Waals surface area (Å²) in [7, 11) is 0. The van der Waals surface area contributed by atoms with Crippen LogP contribution in [0.15, 0.2) is 60.7 Å². The molecule has 3 aromatic rings. The van der Waals surface area contributed by atoms with Gasteiger partial charge in [-0.15, -0.1) is 0 Å². The molecule has 0 saturated heterocycles. The number of carbonyl (C=O) groups excluding carboxylic acids is 1. The Morgan fingerprint density at radius 1 is 0.958 bits per heavy atom. The van der Waals surface area contributed by atoms with E-state index in [4.69, 9.17) is 21.1 Å². The van der Waals surface area contributed by atoms with Crippen molar-refractivity contribution in [1.29, 1.82) is 0 Å². The van der Waals surface area contributed by atoms with Crippen LogP contribution in [0.3, 0.4) is 0 Å². The fourth-order valence-electron chi connectivity index (χ4n) is 2.48. The van der Waals surface area contributed by atoms with Crippen molar-refractivity contribution < 1.29 is 14.3 Å². The summed E-state index contributed by atoms with van der Waals surface area (Å²) in [5.41, 5.74) is 1.96. The summed E-state index contributed by atoms with van der Waals surface area (Å²) in [6.07, 6.45) is 0. The third kappa shape index (κ3) is 4.06. The molecule has 3 nitrogen and oxygen atoms in total. The molecule has 0 amide bonds. The van der Waals surface area contributed by atoms with Crippen molar-refractivity contribution in [2.75, 3.05) is 0 Å². The van der Waals surface area contributed by atoms with Gasteiger partial charge >= 0.3 is 5.97 Å². The molecule has 0 aliphatic carbocycles. The van der Waals surface area contributed by atoms with E-state index in [-0.39, 0.29) is 12.6 Å². The molecule has 0 atom stereocenters. The van der Waals surface area contributed by atoms with E-state index >= 15 is 0 Å². The van der Waals surface area contributed by atoms with Gasteiger partial charge in [0.15, 0.2) is 0 Å². The molecule has 0 spiro atoms. The topological polar surface area (TPSA) is 35.5 Å². The van der Waals surface area contributed by atoms with Crippen LogP contribution in [-0.4, -0.2) is 5.97 Å². The van der Waals surface area contributed by atoms with E-state index in [0.717, 1.165) is 27.6 Å². The molecule has 0 aromatic heterocycles. The maximum Gasteiger partial charge on any atom is 0.302 e. The van der Waals surface area contributed by atoms with Crippen LogP contribution >= 0.6 is 11.6 Å². The number of ether oxygens (including phenoxy) is 2. The van der Waals surface area contributed by atoms with E-state index in [0.29, 0.717) is 11.6 Å². The number of esters is 1. The number of benzene rings is 3. The van der Waals surface area contributed by atoms with Gasteiger partial charge in [0.2, 0.25) is 0 Å². The summed E-state index contributed by atoms with van der Waals surface area (Å²) < 4.78 is 11.1. The Balaban J connectivity index is 1.92. The van der Waals surface area contributed by atoms with Crippen LogP contribution in [0.1, 0.15) is 18.1 Å². The zero-order chi connectivity index (χ0) is 16.9. The first-order valence-corrected chi connectivity index (χ1v) is 8.02. The Bertz CT molecular complexity index is 859. The van der Waals surface area contributed by atoms with Gasteiger partial charge in [0.05, 0.1) is 0 Å². The van der Waals surface area contributed by atoms with E-state index in [1.54, 1.807) is 0 Å². The number of hydrogen-bond donors (Lipinski definition) is 0. The van der Waals surface area contributed by atoms with Gasteiger partial charge in [-0.1, -0.05) is 48.0 Å². The number of fused-ring (bicyclic) bond motifs is 1. The first-order chi connectivity index (χ1) is 11.6. The van der Waals surface area contributed by atoms with Gasteiger partial charge in [-0.05, 0) is 40.8 Å². The predicted molar refractivity (Wildman–Crippen MR) is 95.2 cm³/mol. The lowest BCUT2D eigenvalue weighted by atomic mass is 10.1. The average Bonchev–Trinajstić information content (AvgIpc) is 2.59. The van der Waals surface area contributed by atoms with Crippen LogP contribution in [0.4, 0.5) is 0 Å². The summed E-state index contributed by atoms with van der Waals surface area (Å²) >= 11 is 6.13. The second-order valence-electron chi connectivity index (χ2n) is 5.51. The largest absolute Gasteiger partial charge is 0.488 e. The molecule has 3 rings (SSSR count). The molecule has 0 aliphatic rings. The van der Waals surface area contributed by atoms with Crippen molar-refractivity contribution in [3.63, 3.8) is 0 Å². The monoisotopic (exact) mass is 340 g/mol. The van der Waals surface area contributed by atoms with Crippen molar-refractivity contribution in [3.05, 3.63) is 76.8 Å². The standard InChI is InChI=1S/C20H17ClO3/c1-14(22)23-13-16-9-17-7-8-18(21)11-19(17)20(10-16)24-12-15-5-3-2-4-6-15/h2-11H,12-13H2,1H3. The molecular weight excluding hydrogens is 324 g/mol. The molecule has 0 N–H and O–H groups in total. The molecule has 0 saturated carbocycles. The summed E-state index contributed by atoms with van der Waals surface area (Å²) in [5.74, 6) is 0.416. The van der Waals surface area contributed by atoms with Crippen LogP contribution in [0.25, 0.3) is 10.8 Å². The van der Waals surface area contributed by atoms with Crippen LogP contribution < -0.4 is 4.74 Å². The van der Waals surface area contributed by atoms with E-state index in [2.05, 4.69) is 0 Å². The van der Waals surface area contributed by atoms with Crippen molar-refractivity contribution in [1.82, 2.24) is 0 Å². The van der Waals surface area contributed by atoms with Crippen molar-refractivity contribution in [2.24, 2.45) is 0 Å². The van der Waals surface area contributed by atoms with Gasteiger partial charge in [0.1, 0.15) is 19.0 Å². The zero-order valence-corrected chi connectivity index (χ0v) is 14.0. The number of hydrogen-bond acceptors (Lipinski definition) is 3. The fourth-order valence-corrected chi connectivity index (χ4v) is 2.65. The molecule has 0 fully saturated rings. The van der Waals surface area contributed by atoms with Crippen LogP contribution in [0, 0.1) is 0 Å². The highest BCUT2D eigenvalue weighted by Crippen LogP contribution is 2.31. The highest BCUT2D eigenvalue weighted by molar-refractivity contribution is 6.31. The van der Waals surface area contributed by atoms with Gasteiger partial charge in [0, 0.05) is 17.3 Å². The van der Waals surface area contributed by atoms with Crippen LogP contribution in [0.5, 0.6) is 5.75 Å². The normalized spacial score (nSPS) is 10.6. The third-order valence-corrected chi connectivity index (χ3v) is 3.85. The second kappa shape index (κ2) is 7.37. The Kier molecular flexibility index (Phi) is 5.02. The van der Waals surface area contributed by atoms with Gasteiger partial charge in [0.25, 0.3) is 0 Å². The number of rotatable bonds is 5. The lowest BCUT2D eigenvalue weighted by Crippen LogP contribution is -2.01. The summed E-state index contributed by atoms with van der Waals surface area (Å²) in [6, 6.07) is 19.5. The molecule has 4 heteroatoms. The van der Waals surface area contributed by atoms with Gasteiger partial charge < -0.3 is 9.47 Å². The predicted octanol–water partition coefficient (Wildman–Crippen LogP) is 5.14. The highest BCUT2D eigenvalue weighted by Gasteiger charge is 2.08. The molecule has 0 heterocycles. The molecule has 0 radical (unpaired) electrons. The average molecular weight is 341 g/mol. The second-order valence-corrected chi connectivity index (χ2v) is 5.95. The first-order valence-electron chi connectivity index (χ1n) is 7.64. The van der Waals surface area contributed by atoms with E-state index < -0.39 is 0 Å². The minimum atomic E-state index is -0.307. The van der Waals surface area contributed by atoms with E-state index in [9.17, 15) is 4.79 Å². The summed E-state index contributed by atoms with van der Waals surface area (Å²) in [5, 5.41) is 2.58. The van der Waals surface area contributed by atoms with E-state index in [1.807, 2.05) is 60.7 Å². The van der Waals surface area contributed by atoms with Crippen molar-refractivity contribution >= 4 is 28.3 Å². The number of carbonyl (C=O) groups is 1. The van der Waals surface area contributed by atoms with E-state index in [1.165, 1.54) is 6.92 Å². The van der Waals surface area contributed by atoms with Crippen LogP contribution in [-0.2, 0) is 22.7 Å². The molecular formula is C20H17ClO3. The Labute approximate surface area is 145 Å². The smallest absolute Gasteiger partial charge is 0.302 e.